The number of nitrogens with zero attached hydrogens (tertiary/aromatic N) is 4. The third-order valence-electron chi connectivity index (χ3n) is 21.4. The van der Waals surface area contributed by atoms with Gasteiger partial charge in [0.1, 0.15) is 33.4 Å². The fourth-order valence-electron chi connectivity index (χ4n) is 15.8. The highest BCUT2D eigenvalue weighted by Crippen LogP contribution is 2.45. The van der Waals surface area contributed by atoms with E-state index in [1.807, 2.05) is 54.6 Å². The van der Waals surface area contributed by atoms with Crippen LogP contribution in [0.2, 0.25) is 0 Å². The summed E-state index contributed by atoms with van der Waals surface area (Å²) in [5.74, 6) is 1.14. The number of hydrogen-bond donors (Lipinski definition) is 0. The first kappa shape index (κ1) is 63.6. The highest BCUT2D eigenvalue weighted by Gasteiger charge is 2.23. The van der Waals surface area contributed by atoms with E-state index in [-0.39, 0.29) is 0 Å². The topological polar surface area (TPSA) is 84.8 Å². The second-order valence-corrected chi connectivity index (χ2v) is 28.0. The molecule has 0 unspecified atom stereocenters. The van der Waals surface area contributed by atoms with Crippen LogP contribution in [0.15, 0.2) is 406 Å². The fraction of sp³-hybridized carbons (Fsp3) is 0. The first-order chi connectivity index (χ1) is 54.4. The van der Waals surface area contributed by atoms with Crippen molar-refractivity contribution in [2.24, 2.45) is 0 Å². The quantitative estimate of drug-likeness (QED) is 0.100. The van der Waals surface area contributed by atoms with E-state index in [0.29, 0.717) is 17.4 Å². The number of hydrogen-bond acceptors (Lipinski definition) is 8. The van der Waals surface area contributed by atoms with Crippen LogP contribution < -0.4 is 9.80 Å². The number of anilines is 6. The fourth-order valence-corrected chi connectivity index (χ4v) is 15.8. The van der Waals surface area contributed by atoms with Gasteiger partial charge in [-0.25, -0.2) is 9.97 Å². The molecule has 0 radical (unpaired) electrons. The molecule has 0 aliphatic carbocycles. The van der Waals surface area contributed by atoms with Crippen molar-refractivity contribution in [2.45, 2.75) is 0 Å². The molecular weight excluding hydrogens is 1350 g/mol. The molecule has 4 heterocycles. The van der Waals surface area contributed by atoms with Crippen LogP contribution in [0.5, 0.6) is 0 Å². The van der Waals surface area contributed by atoms with Gasteiger partial charge in [-0.1, -0.05) is 243 Å². The molecular formula is C102H64N4O4. The molecule has 21 aromatic rings. The zero-order valence-electron chi connectivity index (χ0n) is 59.4. The Morgan fingerprint density at radius 1 is 0.191 bits per heavy atom. The Balaban J connectivity index is 0.511. The van der Waals surface area contributed by atoms with E-state index in [4.69, 9.17) is 27.6 Å². The van der Waals surface area contributed by atoms with Gasteiger partial charge in [0.05, 0.1) is 10.8 Å². The van der Waals surface area contributed by atoms with Crippen molar-refractivity contribution in [1.29, 1.82) is 0 Å². The molecule has 0 N–H and O–H groups in total. The van der Waals surface area contributed by atoms with Crippen LogP contribution in [-0.2, 0) is 0 Å². The molecule has 516 valence electrons. The van der Waals surface area contributed by atoms with Gasteiger partial charge in [0, 0.05) is 56.0 Å². The molecule has 0 saturated heterocycles. The summed E-state index contributed by atoms with van der Waals surface area (Å²) in [7, 11) is 0. The van der Waals surface area contributed by atoms with Crippen molar-refractivity contribution in [1.82, 2.24) is 9.97 Å². The van der Waals surface area contributed by atoms with E-state index in [0.717, 1.165) is 161 Å². The molecule has 0 atom stereocenters. The molecule has 8 heteroatoms. The normalized spacial score (nSPS) is 11.6. The summed E-state index contributed by atoms with van der Waals surface area (Å²) < 4.78 is 26.3. The maximum Gasteiger partial charge on any atom is 0.227 e. The van der Waals surface area contributed by atoms with E-state index in [1.54, 1.807) is 0 Å². The maximum absolute atomic E-state index is 6.77. The zero-order chi connectivity index (χ0) is 72.6. The summed E-state index contributed by atoms with van der Waals surface area (Å²) in [4.78, 5) is 14.5. The molecule has 0 spiro atoms. The predicted molar refractivity (Wildman–Crippen MR) is 452 cm³/mol. The van der Waals surface area contributed by atoms with Crippen molar-refractivity contribution >= 4 is 111 Å². The number of rotatable bonds is 15. The third-order valence-corrected chi connectivity index (χ3v) is 21.4. The van der Waals surface area contributed by atoms with Gasteiger partial charge in [-0.3, -0.25) is 0 Å². The number of furan rings is 2. The first-order valence-corrected chi connectivity index (χ1v) is 37.0. The van der Waals surface area contributed by atoms with Crippen LogP contribution in [0.4, 0.5) is 34.1 Å². The molecule has 17 aromatic carbocycles. The lowest BCUT2D eigenvalue weighted by Crippen LogP contribution is -2.09. The smallest absolute Gasteiger partial charge is 0.227 e. The second-order valence-electron chi connectivity index (χ2n) is 28.0. The molecule has 8 nitrogen and oxygen atoms in total. The highest BCUT2D eigenvalue weighted by molar-refractivity contribution is 6.18. The summed E-state index contributed by atoms with van der Waals surface area (Å²) in [5, 5.41) is 6.27. The lowest BCUT2D eigenvalue weighted by atomic mass is 9.97. The van der Waals surface area contributed by atoms with Crippen LogP contribution in [0.3, 0.4) is 0 Å². The Hall–Kier alpha value is -14.9. The van der Waals surface area contributed by atoms with Crippen LogP contribution in [0.25, 0.3) is 178 Å². The summed E-state index contributed by atoms with van der Waals surface area (Å²) in [6.07, 6.45) is 0. The Kier molecular flexibility index (Phi) is 15.4. The third kappa shape index (κ3) is 11.5. The Bertz CT molecular complexity index is 7020. The molecule has 0 bridgehead atoms. The number of para-hydroxylation sites is 1. The highest BCUT2D eigenvalue weighted by atomic mass is 16.4. The minimum absolute atomic E-state index is 0.551. The number of benzene rings is 17. The monoisotopic (exact) mass is 1410 g/mol. The minimum atomic E-state index is 0.551. The Morgan fingerprint density at radius 2 is 0.527 bits per heavy atom. The van der Waals surface area contributed by atoms with Crippen molar-refractivity contribution in [2.75, 3.05) is 9.80 Å². The van der Waals surface area contributed by atoms with Gasteiger partial charge in [0.25, 0.3) is 0 Å². The number of aromatic nitrogens is 2. The largest absolute Gasteiger partial charge is 0.456 e. The standard InChI is InChI=1S/C102H64N4O4/c1-4-15-65(16-5-1)68-37-47-82(48-38-68)105(84-53-43-74(44-54-84)88-28-14-20-73-17-10-11-27-87(73)88)83-49-39-71(40-50-83)78-46-56-90-96(63-78)108-94-60-58-92-100(98(90)94)110-102(104-92)80-23-12-21-76(61-80)69-33-29-66(30-34-69)67-31-35-70(36-32-67)77-22-13-26-86(62-77)106(81-24-8-3-9-25-81)85-51-41-72(42-52-85)79-45-55-89-95(64-79)107-93-59-57-91-99(97(89)93)109-101(103-91)75-18-6-2-7-19-75/h1-64H. The van der Waals surface area contributed by atoms with E-state index in [1.165, 1.54) is 33.0 Å². The van der Waals surface area contributed by atoms with Crippen LogP contribution >= 0.6 is 0 Å². The molecule has 0 amide bonds. The lowest BCUT2D eigenvalue weighted by Gasteiger charge is -2.26. The zero-order valence-corrected chi connectivity index (χ0v) is 59.4. The van der Waals surface area contributed by atoms with E-state index >= 15 is 0 Å². The SMILES string of the molecule is c1ccc(-c2ccc(N(c3ccc(-c4ccc5c(c4)oc4ccc6nc(-c7cccc(-c8ccc(-c9ccc(-c%10cccc(N(c%11ccccc%11)c%11ccc(-c%12ccc%13c(c%12)oc%12ccc%14nc(-c%15ccccc%15)oc%14c%12%13)cc%11)c%10)cc9)cc8)c7)oc6c45)cc3)c3ccc(-c4cccc5ccccc45)cc3)cc2)cc1. The number of oxazole rings is 2. The maximum atomic E-state index is 6.77. The van der Waals surface area contributed by atoms with Crippen molar-refractivity contribution < 1.29 is 17.7 Å². The predicted octanol–water partition coefficient (Wildman–Crippen LogP) is 28.9. The molecule has 110 heavy (non-hydrogen) atoms. The van der Waals surface area contributed by atoms with Crippen molar-refractivity contribution in [3.05, 3.63) is 388 Å². The van der Waals surface area contributed by atoms with E-state index in [9.17, 15) is 0 Å². The van der Waals surface area contributed by atoms with E-state index in [2.05, 4.69) is 343 Å². The van der Waals surface area contributed by atoms with Gasteiger partial charge in [-0.05, 0) is 234 Å². The van der Waals surface area contributed by atoms with Gasteiger partial charge in [0.2, 0.25) is 11.8 Å². The average Bonchev–Trinajstić information content (AvgIpc) is 1.59. The van der Waals surface area contributed by atoms with Crippen LogP contribution in [0, 0.1) is 0 Å². The summed E-state index contributed by atoms with van der Waals surface area (Å²) in [6.45, 7) is 0. The summed E-state index contributed by atoms with van der Waals surface area (Å²) >= 11 is 0. The van der Waals surface area contributed by atoms with Gasteiger partial charge in [-0.2, -0.15) is 0 Å². The van der Waals surface area contributed by atoms with Gasteiger partial charge in [0.15, 0.2) is 11.2 Å². The summed E-state index contributed by atoms with van der Waals surface area (Å²) in [6, 6.07) is 137. The van der Waals surface area contributed by atoms with Crippen molar-refractivity contribution in [3.63, 3.8) is 0 Å². The van der Waals surface area contributed by atoms with Crippen LogP contribution in [0.1, 0.15) is 0 Å². The van der Waals surface area contributed by atoms with Gasteiger partial charge < -0.3 is 27.5 Å². The first-order valence-electron chi connectivity index (χ1n) is 37.0. The van der Waals surface area contributed by atoms with Gasteiger partial charge >= 0.3 is 0 Å². The second kappa shape index (κ2) is 26.6. The number of fused-ring (bicyclic) bond motifs is 11. The van der Waals surface area contributed by atoms with Crippen molar-refractivity contribution in [3.8, 4) is 101 Å². The minimum Gasteiger partial charge on any atom is -0.456 e. The van der Waals surface area contributed by atoms with E-state index < -0.39 is 0 Å². The molecule has 21 rings (SSSR count). The average molecular weight is 1410 g/mol. The molecule has 0 saturated carbocycles. The van der Waals surface area contributed by atoms with Gasteiger partial charge in [-0.15, -0.1) is 0 Å². The molecule has 0 fully saturated rings. The Labute approximate surface area is 633 Å². The molecule has 4 aromatic heterocycles. The molecule has 0 aliphatic rings. The van der Waals surface area contributed by atoms with Crippen LogP contribution in [-0.4, -0.2) is 9.97 Å². The Morgan fingerprint density at radius 3 is 1.05 bits per heavy atom. The molecule has 0 aliphatic heterocycles. The lowest BCUT2D eigenvalue weighted by molar-refractivity contribution is 0.621. The summed E-state index contributed by atoms with van der Waals surface area (Å²) in [5.41, 5.74) is 29.9.